The van der Waals surface area contributed by atoms with Crippen LogP contribution in [0.15, 0.2) is 0 Å². The van der Waals surface area contributed by atoms with E-state index in [2.05, 4.69) is 0 Å². The minimum Gasteiger partial charge on any atom is -0.466 e. The van der Waals surface area contributed by atoms with E-state index in [0.717, 1.165) is 13.8 Å². The summed E-state index contributed by atoms with van der Waals surface area (Å²) in [6, 6.07) is 0. The summed E-state index contributed by atoms with van der Waals surface area (Å²) in [4.78, 5) is 57.7. The Morgan fingerprint density at radius 2 is 0.857 bits per heavy atom. The fourth-order valence-corrected chi connectivity index (χ4v) is 3.93. The van der Waals surface area contributed by atoms with Crippen molar-refractivity contribution in [3.63, 3.8) is 0 Å². The minimum atomic E-state index is -1.17. The molecule has 0 aromatic carbocycles. The second-order valence-electron chi connectivity index (χ2n) is 6.92. The van der Waals surface area contributed by atoms with Gasteiger partial charge in [0.1, 0.15) is 12.2 Å². The van der Waals surface area contributed by atoms with Crippen LogP contribution in [0, 0.1) is 17.8 Å². The van der Waals surface area contributed by atoms with Crippen LogP contribution in [0.1, 0.15) is 34.6 Å². The van der Waals surface area contributed by atoms with E-state index in [1.807, 2.05) is 0 Å². The van der Waals surface area contributed by atoms with Crippen LogP contribution >= 0.6 is 0 Å². The number of hydrogen-bond acceptors (Lipinski definition) is 10. The molecule has 0 bridgehead atoms. The zero-order valence-electron chi connectivity index (χ0n) is 16.3. The Morgan fingerprint density at radius 1 is 0.536 bits per heavy atom. The number of fused-ring (bicyclic) bond motifs is 1. The smallest absolute Gasteiger partial charge is 0.303 e. The molecule has 10 heteroatoms. The molecule has 28 heavy (non-hydrogen) atoms. The van der Waals surface area contributed by atoms with Crippen molar-refractivity contribution >= 4 is 29.8 Å². The summed E-state index contributed by atoms with van der Waals surface area (Å²) >= 11 is 0. The molecular weight excluding hydrogens is 376 g/mol. The van der Waals surface area contributed by atoms with Gasteiger partial charge in [0.2, 0.25) is 0 Å². The van der Waals surface area contributed by atoms with Crippen molar-refractivity contribution in [2.45, 2.75) is 59.0 Å². The predicted octanol–water partition coefficient (Wildman–Crippen LogP) is 0.152. The van der Waals surface area contributed by atoms with Gasteiger partial charge in [0.15, 0.2) is 12.2 Å². The van der Waals surface area contributed by atoms with Crippen LogP contribution in [0.3, 0.4) is 0 Å². The minimum absolute atomic E-state index is 0.000219. The maximum Gasteiger partial charge on any atom is 0.303 e. The molecule has 156 valence electrons. The Kier molecular flexibility index (Phi) is 6.63. The molecule has 0 aromatic heterocycles. The molecule has 2 saturated carbocycles. The van der Waals surface area contributed by atoms with Gasteiger partial charge in [0.05, 0.1) is 6.61 Å². The van der Waals surface area contributed by atoms with Crippen molar-refractivity contribution in [1.82, 2.24) is 0 Å². The van der Waals surface area contributed by atoms with Crippen LogP contribution in [0.4, 0.5) is 0 Å². The fourth-order valence-electron chi connectivity index (χ4n) is 3.93. The first-order valence-corrected chi connectivity index (χ1v) is 8.85. The normalized spacial score (nSPS) is 33.0. The Balaban J connectivity index is 2.41. The molecule has 0 spiro atoms. The molecule has 2 aliphatic carbocycles. The highest BCUT2D eigenvalue weighted by Crippen LogP contribution is 2.58. The highest BCUT2D eigenvalue weighted by atomic mass is 16.6. The Hall–Kier alpha value is -2.65. The number of ether oxygens (including phenoxy) is 5. The lowest BCUT2D eigenvalue weighted by molar-refractivity contribution is -0.211. The number of hydrogen-bond donors (Lipinski definition) is 0. The van der Waals surface area contributed by atoms with E-state index in [-0.39, 0.29) is 12.5 Å². The molecule has 2 fully saturated rings. The van der Waals surface area contributed by atoms with E-state index in [1.54, 1.807) is 0 Å². The van der Waals surface area contributed by atoms with Crippen LogP contribution in [-0.2, 0) is 47.7 Å². The largest absolute Gasteiger partial charge is 0.466 e. The summed E-state index contributed by atoms with van der Waals surface area (Å²) in [7, 11) is 0. The highest BCUT2D eigenvalue weighted by Gasteiger charge is 2.70. The molecule has 0 saturated heterocycles. The summed E-state index contributed by atoms with van der Waals surface area (Å²) in [6.07, 6.45) is -4.22. The van der Waals surface area contributed by atoms with E-state index >= 15 is 0 Å². The van der Waals surface area contributed by atoms with E-state index in [0.29, 0.717) is 0 Å². The number of rotatable bonds is 6. The van der Waals surface area contributed by atoms with Crippen LogP contribution < -0.4 is 0 Å². The van der Waals surface area contributed by atoms with E-state index < -0.39 is 66.1 Å². The van der Waals surface area contributed by atoms with E-state index in [4.69, 9.17) is 23.7 Å². The summed E-state index contributed by atoms with van der Waals surface area (Å²) in [6.45, 7) is 5.96. The maximum atomic E-state index is 11.6. The third-order valence-electron chi connectivity index (χ3n) is 4.71. The van der Waals surface area contributed by atoms with Crippen molar-refractivity contribution in [2.24, 2.45) is 17.8 Å². The van der Waals surface area contributed by atoms with E-state index in [1.165, 1.54) is 20.8 Å². The fraction of sp³-hybridized carbons (Fsp3) is 0.722. The number of esters is 5. The first kappa shape index (κ1) is 21.6. The molecule has 2 rings (SSSR count). The number of carbonyl (C=O) groups is 5. The average Bonchev–Trinajstić information content (AvgIpc) is 3.24. The second kappa shape index (κ2) is 8.57. The van der Waals surface area contributed by atoms with Gasteiger partial charge in [-0.2, -0.15) is 0 Å². The highest BCUT2D eigenvalue weighted by molar-refractivity contribution is 5.69. The second-order valence-corrected chi connectivity index (χ2v) is 6.92. The third kappa shape index (κ3) is 4.99. The van der Waals surface area contributed by atoms with Gasteiger partial charge in [-0.15, -0.1) is 0 Å². The van der Waals surface area contributed by atoms with Crippen LogP contribution in [-0.4, -0.2) is 60.9 Å². The summed E-state index contributed by atoms with van der Waals surface area (Å²) in [5.74, 6) is -4.22. The lowest BCUT2D eigenvalue weighted by Gasteiger charge is -2.39. The molecule has 0 amide bonds. The van der Waals surface area contributed by atoms with Crippen LogP contribution in [0.5, 0.6) is 0 Å². The monoisotopic (exact) mass is 400 g/mol. The van der Waals surface area contributed by atoms with Crippen molar-refractivity contribution < 1.29 is 47.7 Å². The SMILES string of the molecule is CC(=O)OCC1[C@@H]2[C@@H](OC(C)=O)[C@H](OC(C)=O)[C@H](OC(C)=O)[C@@H](OC(C)=O)[C@H]12. The first-order chi connectivity index (χ1) is 13.0. The quantitative estimate of drug-likeness (QED) is 0.448. The molecule has 0 aliphatic heterocycles. The lowest BCUT2D eigenvalue weighted by atomic mass is 9.88. The van der Waals surface area contributed by atoms with Crippen molar-refractivity contribution in [1.29, 1.82) is 0 Å². The van der Waals surface area contributed by atoms with Crippen molar-refractivity contribution in [2.75, 3.05) is 6.61 Å². The molecule has 10 nitrogen and oxygen atoms in total. The standard InChI is InChI=1S/C18H24O10/c1-7(19)24-6-12-13-14(12)16(26-9(3)21)18(28-11(5)23)17(27-10(4)22)15(13)25-8(2)20/h12-18H,6H2,1-5H3/t12?,13-,14+,15+,16-,17-,18+. The summed E-state index contributed by atoms with van der Waals surface area (Å²) in [5, 5.41) is 0. The maximum absolute atomic E-state index is 11.6. The van der Waals surface area contributed by atoms with Crippen LogP contribution in [0.25, 0.3) is 0 Å². The molecular formula is C18H24O10. The Bertz CT molecular complexity index is 623. The summed E-state index contributed by atoms with van der Waals surface area (Å²) < 4.78 is 26.4. The molecule has 1 unspecified atom stereocenters. The zero-order chi connectivity index (χ0) is 21.2. The number of carbonyl (C=O) groups excluding carboxylic acids is 5. The van der Waals surface area contributed by atoms with Gasteiger partial charge in [-0.25, -0.2) is 0 Å². The van der Waals surface area contributed by atoms with Gasteiger partial charge in [0.25, 0.3) is 0 Å². The van der Waals surface area contributed by atoms with Crippen molar-refractivity contribution in [3.8, 4) is 0 Å². The van der Waals surface area contributed by atoms with Gasteiger partial charge in [-0.05, 0) is 0 Å². The van der Waals surface area contributed by atoms with Crippen molar-refractivity contribution in [3.05, 3.63) is 0 Å². The van der Waals surface area contributed by atoms with Gasteiger partial charge in [0, 0.05) is 52.4 Å². The Morgan fingerprint density at radius 3 is 1.14 bits per heavy atom. The molecule has 2 aliphatic rings. The molecule has 0 aromatic rings. The van der Waals surface area contributed by atoms with Gasteiger partial charge in [-0.3, -0.25) is 24.0 Å². The average molecular weight is 400 g/mol. The molecule has 0 N–H and O–H groups in total. The van der Waals surface area contributed by atoms with Gasteiger partial charge in [-0.1, -0.05) is 0 Å². The molecule has 0 radical (unpaired) electrons. The topological polar surface area (TPSA) is 132 Å². The zero-order valence-corrected chi connectivity index (χ0v) is 16.3. The molecule has 0 heterocycles. The lowest BCUT2D eigenvalue weighted by Crippen LogP contribution is -2.56. The third-order valence-corrected chi connectivity index (χ3v) is 4.71. The van der Waals surface area contributed by atoms with E-state index in [9.17, 15) is 24.0 Å². The molecule has 7 atom stereocenters. The van der Waals surface area contributed by atoms with Gasteiger partial charge < -0.3 is 23.7 Å². The summed E-state index contributed by atoms with van der Waals surface area (Å²) in [5.41, 5.74) is 0. The first-order valence-electron chi connectivity index (χ1n) is 8.85. The Labute approximate surface area is 161 Å². The van der Waals surface area contributed by atoms with Gasteiger partial charge >= 0.3 is 29.8 Å². The predicted molar refractivity (Wildman–Crippen MR) is 89.3 cm³/mol. The van der Waals surface area contributed by atoms with Crippen LogP contribution in [0.2, 0.25) is 0 Å².